The van der Waals surface area contributed by atoms with Gasteiger partial charge in [0.15, 0.2) is 0 Å². The molecule has 0 N–H and O–H groups in total. The van der Waals surface area contributed by atoms with Crippen molar-refractivity contribution >= 4 is 0 Å². The summed E-state index contributed by atoms with van der Waals surface area (Å²) in [6.45, 7) is 6.76. The van der Waals surface area contributed by atoms with Crippen molar-refractivity contribution in [1.82, 2.24) is 9.47 Å². The Morgan fingerprint density at radius 1 is 1.06 bits per heavy atom. The van der Waals surface area contributed by atoms with E-state index in [0.29, 0.717) is 0 Å². The summed E-state index contributed by atoms with van der Waals surface area (Å²) in [5.74, 6) is 0. The fourth-order valence-corrected chi connectivity index (χ4v) is 2.51. The topological polar surface area (TPSA) is 8.17 Å². The Hall–Kier alpha value is -1.54. The van der Waals surface area contributed by atoms with Crippen LogP contribution in [0, 0.1) is 0 Å². The van der Waals surface area contributed by atoms with Gasteiger partial charge in [-0.3, -0.25) is 4.90 Å². The summed E-state index contributed by atoms with van der Waals surface area (Å²) >= 11 is 0. The molecular weight excluding hydrogens is 208 g/mol. The van der Waals surface area contributed by atoms with Gasteiger partial charge in [0, 0.05) is 31.5 Å². The Morgan fingerprint density at radius 3 is 2.65 bits per heavy atom. The van der Waals surface area contributed by atoms with Crippen LogP contribution in [0.2, 0.25) is 0 Å². The average Bonchev–Trinajstić information content (AvgIpc) is 2.82. The maximum absolute atomic E-state index is 2.49. The van der Waals surface area contributed by atoms with E-state index in [9.17, 15) is 0 Å². The molecule has 1 aliphatic rings. The molecule has 3 rings (SSSR count). The number of fused-ring (bicyclic) bond motifs is 1. The Balaban J connectivity index is 1.93. The molecule has 0 atom stereocenters. The number of hydrogen-bond donors (Lipinski definition) is 0. The van der Waals surface area contributed by atoms with Gasteiger partial charge in [0.25, 0.3) is 0 Å². The second-order valence-electron chi connectivity index (χ2n) is 4.65. The van der Waals surface area contributed by atoms with Crippen LogP contribution in [0.4, 0.5) is 0 Å². The summed E-state index contributed by atoms with van der Waals surface area (Å²) < 4.78 is 2.40. The first-order valence-electron chi connectivity index (χ1n) is 6.33. The van der Waals surface area contributed by atoms with Gasteiger partial charge in [0.2, 0.25) is 0 Å². The van der Waals surface area contributed by atoms with Crippen LogP contribution in [0.1, 0.15) is 12.6 Å². The van der Waals surface area contributed by atoms with Crippen LogP contribution in [0.25, 0.3) is 11.1 Å². The van der Waals surface area contributed by atoms with Gasteiger partial charge in [-0.2, -0.15) is 0 Å². The largest absolute Gasteiger partial charge is 0.348 e. The van der Waals surface area contributed by atoms with Gasteiger partial charge >= 0.3 is 0 Å². The molecular formula is C15H18N2. The fourth-order valence-electron chi connectivity index (χ4n) is 2.51. The Morgan fingerprint density at radius 2 is 1.88 bits per heavy atom. The summed E-state index contributed by atoms with van der Waals surface area (Å²) in [5.41, 5.74) is 4.10. The molecule has 88 valence electrons. The zero-order valence-electron chi connectivity index (χ0n) is 10.3. The Bertz CT molecular complexity index is 499. The third-order valence-corrected chi connectivity index (χ3v) is 3.58. The van der Waals surface area contributed by atoms with E-state index in [-0.39, 0.29) is 0 Å². The molecule has 2 aromatic rings. The van der Waals surface area contributed by atoms with Crippen LogP contribution >= 0.6 is 0 Å². The molecule has 0 aliphatic carbocycles. The maximum atomic E-state index is 2.49. The molecule has 0 amide bonds. The van der Waals surface area contributed by atoms with Crippen molar-refractivity contribution in [3.05, 3.63) is 48.3 Å². The minimum absolute atomic E-state index is 1.09. The standard InChI is InChI=1S/C15H18N2/c1-2-16-8-9-17-11-14(10-15(17)12-16)13-6-4-3-5-7-13/h3-7,10-11H,2,8-9,12H2,1H3. The van der Waals surface area contributed by atoms with E-state index in [1.165, 1.54) is 23.4 Å². The smallest absolute Gasteiger partial charge is 0.0388 e. The number of benzene rings is 1. The first-order chi connectivity index (χ1) is 8.36. The van der Waals surface area contributed by atoms with Crippen molar-refractivity contribution in [2.24, 2.45) is 0 Å². The molecule has 0 saturated carbocycles. The molecule has 0 unspecified atom stereocenters. The number of hydrogen-bond acceptors (Lipinski definition) is 1. The SMILES string of the molecule is CCN1CCn2cc(-c3ccccc3)cc2C1. The lowest BCUT2D eigenvalue weighted by atomic mass is 10.1. The third kappa shape index (κ3) is 2.01. The highest BCUT2D eigenvalue weighted by atomic mass is 15.2. The van der Waals surface area contributed by atoms with Gasteiger partial charge in [-0.15, -0.1) is 0 Å². The minimum atomic E-state index is 1.09. The summed E-state index contributed by atoms with van der Waals surface area (Å²) in [7, 11) is 0. The van der Waals surface area contributed by atoms with Gasteiger partial charge in [-0.05, 0) is 23.7 Å². The van der Waals surface area contributed by atoms with Gasteiger partial charge in [-0.1, -0.05) is 37.3 Å². The lowest BCUT2D eigenvalue weighted by Crippen LogP contribution is -2.32. The monoisotopic (exact) mass is 226 g/mol. The number of likely N-dealkylation sites (N-methyl/N-ethyl adjacent to an activating group) is 1. The summed E-state index contributed by atoms with van der Waals surface area (Å²) in [4.78, 5) is 2.49. The molecule has 1 aromatic carbocycles. The van der Waals surface area contributed by atoms with Gasteiger partial charge in [-0.25, -0.2) is 0 Å². The minimum Gasteiger partial charge on any atom is -0.348 e. The van der Waals surface area contributed by atoms with Gasteiger partial charge in [0.1, 0.15) is 0 Å². The van der Waals surface area contributed by atoms with Crippen LogP contribution < -0.4 is 0 Å². The van der Waals surface area contributed by atoms with E-state index < -0.39 is 0 Å². The van der Waals surface area contributed by atoms with Crippen LogP contribution in [0.5, 0.6) is 0 Å². The summed E-state index contributed by atoms with van der Waals surface area (Å²) in [6, 6.07) is 13.0. The molecule has 0 fully saturated rings. The molecule has 2 heterocycles. The first kappa shape index (κ1) is 10.6. The van der Waals surface area contributed by atoms with E-state index in [1.807, 2.05) is 0 Å². The van der Waals surface area contributed by atoms with Crippen molar-refractivity contribution in [3.8, 4) is 11.1 Å². The molecule has 1 aliphatic heterocycles. The zero-order chi connectivity index (χ0) is 11.7. The second-order valence-corrected chi connectivity index (χ2v) is 4.65. The predicted molar refractivity (Wildman–Crippen MR) is 70.8 cm³/mol. The van der Waals surface area contributed by atoms with Crippen molar-refractivity contribution in [2.45, 2.75) is 20.0 Å². The highest BCUT2D eigenvalue weighted by Crippen LogP contribution is 2.24. The molecule has 2 nitrogen and oxygen atoms in total. The van der Waals surface area contributed by atoms with E-state index in [0.717, 1.165) is 19.6 Å². The van der Waals surface area contributed by atoms with Crippen molar-refractivity contribution in [2.75, 3.05) is 13.1 Å². The molecule has 0 bridgehead atoms. The Labute approximate surface area is 102 Å². The van der Waals surface area contributed by atoms with Gasteiger partial charge < -0.3 is 4.57 Å². The summed E-state index contributed by atoms with van der Waals surface area (Å²) in [5, 5.41) is 0. The number of aromatic nitrogens is 1. The summed E-state index contributed by atoms with van der Waals surface area (Å²) in [6.07, 6.45) is 2.29. The quantitative estimate of drug-likeness (QED) is 0.764. The predicted octanol–water partition coefficient (Wildman–Crippen LogP) is 2.99. The normalized spacial score (nSPS) is 15.8. The van der Waals surface area contributed by atoms with Crippen LogP contribution in [-0.4, -0.2) is 22.6 Å². The van der Waals surface area contributed by atoms with Gasteiger partial charge in [0.05, 0.1) is 0 Å². The highest BCUT2D eigenvalue weighted by Gasteiger charge is 2.15. The van der Waals surface area contributed by atoms with Crippen LogP contribution in [0.3, 0.4) is 0 Å². The fraction of sp³-hybridized carbons (Fsp3) is 0.333. The van der Waals surface area contributed by atoms with Crippen molar-refractivity contribution < 1.29 is 0 Å². The molecule has 1 aromatic heterocycles. The number of rotatable bonds is 2. The number of nitrogens with zero attached hydrogens (tertiary/aromatic N) is 2. The molecule has 2 heteroatoms. The average molecular weight is 226 g/mol. The van der Waals surface area contributed by atoms with E-state index in [2.05, 4.69) is 59.0 Å². The third-order valence-electron chi connectivity index (χ3n) is 3.58. The molecule has 0 saturated heterocycles. The highest BCUT2D eigenvalue weighted by molar-refractivity contribution is 5.63. The first-order valence-corrected chi connectivity index (χ1v) is 6.33. The zero-order valence-corrected chi connectivity index (χ0v) is 10.3. The maximum Gasteiger partial charge on any atom is 0.0388 e. The van der Waals surface area contributed by atoms with E-state index in [4.69, 9.17) is 0 Å². The molecule has 17 heavy (non-hydrogen) atoms. The van der Waals surface area contributed by atoms with Crippen molar-refractivity contribution in [1.29, 1.82) is 0 Å². The Kier molecular flexibility index (Phi) is 2.73. The van der Waals surface area contributed by atoms with E-state index in [1.54, 1.807) is 0 Å². The van der Waals surface area contributed by atoms with Crippen LogP contribution in [-0.2, 0) is 13.1 Å². The lowest BCUT2D eigenvalue weighted by Gasteiger charge is -2.26. The molecule has 0 spiro atoms. The van der Waals surface area contributed by atoms with Crippen molar-refractivity contribution in [3.63, 3.8) is 0 Å². The lowest BCUT2D eigenvalue weighted by molar-refractivity contribution is 0.232. The van der Waals surface area contributed by atoms with E-state index >= 15 is 0 Å². The van der Waals surface area contributed by atoms with Crippen LogP contribution in [0.15, 0.2) is 42.6 Å². The second kappa shape index (κ2) is 4.38. The molecule has 0 radical (unpaired) electrons.